The van der Waals surface area contributed by atoms with E-state index in [0.717, 1.165) is 49.9 Å². The van der Waals surface area contributed by atoms with Crippen LogP contribution in [0.4, 0.5) is 5.69 Å². The van der Waals surface area contributed by atoms with Crippen LogP contribution in [0.5, 0.6) is 0 Å². The maximum absolute atomic E-state index is 12.6. The molecule has 2 aliphatic rings. The molecule has 1 amide bonds. The van der Waals surface area contributed by atoms with Gasteiger partial charge in [0.15, 0.2) is 0 Å². The Hall–Kier alpha value is -1.26. The monoisotopic (exact) mass is 321 g/mol. The molecule has 5 heteroatoms. The zero-order valence-corrected chi connectivity index (χ0v) is 13.9. The van der Waals surface area contributed by atoms with Crippen molar-refractivity contribution >= 4 is 23.2 Å². The zero-order valence-electron chi connectivity index (χ0n) is 13.1. The van der Waals surface area contributed by atoms with Crippen LogP contribution in [-0.4, -0.2) is 49.6 Å². The molecule has 0 radical (unpaired) electrons. The van der Waals surface area contributed by atoms with E-state index in [-0.39, 0.29) is 11.9 Å². The lowest BCUT2D eigenvalue weighted by Crippen LogP contribution is -2.55. The first-order valence-corrected chi connectivity index (χ1v) is 8.54. The fourth-order valence-electron chi connectivity index (χ4n) is 3.37. The average molecular weight is 322 g/mol. The Morgan fingerprint density at radius 2 is 2.05 bits per heavy atom. The number of nitrogens with zero attached hydrogens (tertiary/aromatic N) is 2. The van der Waals surface area contributed by atoms with Gasteiger partial charge in [-0.3, -0.25) is 4.79 Å². The molecule has 1 N–H and O–H groups in total. The number of amides is 1. The van der Waals surface area contributed by atoms with Gasteiger partial charge in [0.1, 0.15) is 0 Å². The van der Waals surface area contributed by atoms with Gasteiger partial charge in [-0.25, -0.2) is 0 Å². The van der Waals surface area contributed by atoms with E-state index in [4.69, 9.17) is 11.6 Å². The minimum atomic E-state index is 0.0152. The van der Waals surface area contributed by atoms with Crippen LogP contribution in [0, 0.1) is 5.92 Å². The third-order valence-electron chi connectivity index (χ3n) is 4.73. The smallest absolute Gasteiger partial charge is 0.239 e. The minimum Gasteiger partial charge on any atom is -0.368 e. The van der Waals surface area contributed by atoms with Crippen LogP contribution < -0.4 is 10.2 Å². The summed E-state index contributed by atoms with van der Waals surface area (Å²) in [5.41, 5.74) is 1.14. The molecular weight excluding hydrogens is 298 g/mol. The zero-order chi connectivity index (χ0) is 15.5. The van der Waals surface area contributed by atoms with Crippen LogP contribution >= 0.6 is 11.6 Å². The number of nitrogens with one attached hydrogen (secondary N) is 1. The van der Waals surface area contributed by atoms with E-state index in [2.05, 4.69) is 23.2 Å². The summed E-state index contributed by atoms with van der Waals surface area (Å²) >= 11 is 6.06. The van der Waals surface area contributed by atoms with Crippen molar-refractivity contribution in [3.63, 3.8) is 0 Å². The van der Waals surface area contributed by atoms with Crippen LogP contribution in [-0.2, 0) is 4.79 Å². The topological polar surface area (TPSA) is 35.6 Å². The van der Waals surface area contributed by atoms with Gasteiger partial charge in [0, 0.05) is 36.9 Å². The van der Waals surface area contributed by atoms with Crippen molar-refractivity contribution in [2.24, 2.45) is 5.92 Å². The van der Waals surface area contributed by atoms with Gasteiger partial charge in [0.05, 0.1) is 6.04 Å². The van der Waals surface area contributed by atoms with Gasteiger partial charge >= 0.3 is 0 Å². The second-order valence-electron chi connectivity index (χ2n) is 6.43. The lowest BCUT2D eigenvalue weighted by molar-refractivity contribution is -0.134. The molecule has 2 aliphatic heterocycles. The molecule has 4 nitrogen and oxygen atoms in total. The molecule has 22 heavy (non-hydrogen) atoms. The van der Waals surface area contributed by atoms with Gasteiger partial charge in [0.2, 0.25) is 5.91 Å². The van der Waals surface area contributed by atoms with E-state index in [1.807, 2.05) is 23.1 Å². The molecule has 2 fully saturated rings. The van der Waals surface area contributed by atoms with Crippen molar-refractivity contribution in [3.05, 3.63) is 29.3 Å². The highest BCUT2D eigenvalue weighted by atomic mass is 35.5. The van der Waals surface area contributed by atoms with Crippen LogP contribution in [0.1, 0.15) is 19.8 Å². The van der Waals surface area contributed by atoms with E-state index >= 15 is 0 Å². The fourth-order valence-corrected chi connectivity index (χ4v) is 3.56. The first-order valence-electron chi connectivity index (χ1n) is 8.16. The number of anilines is 1. The number of piperidine rings is 1. The van der Waals surface area contributed by atoms with E-state index < -0.39 is 0 Å². The quantitative estimate of drug-likeness (QED) is 0.908. The van der Waals surface area contributed by atoms with Crippen molar-refractivity contribution in [1.29, 1.82) is 0 Å². The van der Waals surface area contributed by atoms with Crippen molar-refractivity contribution in [2.75, 3.05) is 37.6 Å². The third kappa shape index (κ3) is 3.55. The first kappa shape index (κ1) is 15.6. The van der Waals surface area contributed by atoms with Crippen molar-refractivity contribution < 1.29 is 4.79 Å². The second-order valence-corrected chi connectivity index (χ2v) is 6.86. The number of carbonyl (C=O) groups excluding carboxylic acids is 1. The predicted octanol–water partition coefficient (Wildman–Crippen LogP) is 2.38. The maximum atomic E-state index is 12.6. The summed E-state index contributed by atoms with van der Waals surface area (Å²) < 4.78 is 0. The molecule has 0 bridgehead atoms. The standard InChI is InChI=1S/C17H24ClN3O/c1-13-5-6-19-16(11-13)17(22)21-9-7-20(8-10-21)15-4-2-3-14(18)12-15/h2-4,12-13,16,19H,5-11H2,1H3. The summed E-state index contributed by atoms with van der Waals surface area (Å²) in [6.45, 7) is 6.51. The Balaban J connectivity index is 1.56. The summed E-state index contributed by atoms with van der Waals surface area (Å²) in [5, 5.41) is 4.14. The molecule has 0 aromatic heterocycles. The molecule has 0 aliphatic carbocycles. The Morgan fingerprint density at radius 3 is 2.73 bits per heavy atom. The van der Waals surface area contributed by atoms with Gasteiger partial charge in [-0.2, -0.15) is 0 Å². The van der Waals surface area contributed by atoms with Crippen LogP contribution in [0.3, 0.4) is 0 Å². The lowest BCUT2D eigenvalue weighted by atomic mass is 9.93. The average Bonchev–Trinajstić information content (AvgIpc) is 2.54. The third-order valence-corrected chi connectivity index (χ3v) is 4.96. The minimum absolute atomic E-state index is 0.0152. The van der Waals surface area contributed by atoms with Gasteiger partial charge in [-0.1, -0.05) is 24.6 Å². The molecular formula is C17H24ClN3O. The summed E-state index contributed by atoms with van der Waals surface area (Å²) in [6, 6.07) is 7.95. The number of hydrogen-bond acceptors (Lipinski definition) is 3. The van der Waals surface area contributed by atoms with E-state index in [9.17, 15) is 4.79 Å². The summed E-state index contributed by atoms with van der Waals surface area (Å²) in [7, 11) is 0. The van der Waals surface area contributed by atoms with Crippen molar-refractivity contribution in [2.45, 2.75) is 25.8 Å². The number of benzene rings is 1. The predicted molar refractivity (Wildman–Crippen MR) is 90.4 cm³/mol. The Morgan fingerprint density at radius 1 is 1.27 bits per heavy atom. The molecule has 0 spiro atoms. The normalized spacial score (nSPS) is 26.1. The highest BCUT2D eigenvalue weighted by Gasteiger charge is 2.30. The maximum Gasteiger partial charge on any atom is 0.239 e. The van der Waals surface area contributed by atoms with Crippen molar-refractivity contribution in [3.8, 4) is 0 Å². The van der Waals surface area contributed by atoms with E-state index in [1.165, 1.54) is 6.42 Å². The molecule has 3 rings (SSSR count). The SMILES string of the molecule is CC1CCNC(C(=O)N2CCN(c3cccc(Cl)c3)CC2)C1. The number of halogens is 1. The van der Waals surface area contributed by atoms with Gasteiger partial charge in [-0.05, 0) is 43.5 Å². The molecule has 1 aromatic carbocycles. The van der Waals surface area contributed by atoms with Crippen LogP contribution in [0.25, 0.3) is 0 Å². The molecule has 0 saturated carbocycles. The van der Waals surface area contributed by atoms with E-state index in [0.29, 0.717) is 5.92 Å². The molecule has 2 unspecified atom stereocenters. The largest absolute Gasteiger partial charge is 0.368 e. The number of hydrogen-bond donors (Lipinski definition) is 1. The molecule has 2 saturated heterocycles. The van der Waals surface area contributed by atoms with Gasteiger partial charge < -0.3 is 15.1 Å². The summed E-state index contributed by atoms with van der Waals surface area (Å²) in [5.74, 6) is 0.917. The highest BCUT2D eigenvalue weighted by molar-refractivity contribution is 6.30. The first-order chi connectivity index (χ1) is 10.6. The summed E-state index contributed by atoms with van der Waals surface area (Å²) in [6.07, 6.45) is 2.14. The number of piperazine rings is 1. The number of carbonyl (C=O) groups is 1. The second kappa shape index (κ2) is 6.88. The Bertz CT molecular complexity index is 528. The van der Waals surface area contributed by atoms with Gasteiger partial charge in [-0.15, -0.1) is 0 Å². The van der Waals surface area contributed by atoms with Crippen LogP contribution in [0.2, 0.25) is 5.02 Å². The summed E-state index contributed by atoms with van der Waals surface area (Å²) in [4.78, 5) is 16.9. The Kier molecular flexibility index (Phi) is 4.89. The fraction of sp³-hybridized carbons (Fsp3) is 0.588. The number of rotatable bonds is 2. The van der Waals surface area contributed by atoms with Crippen LogP contribution in [0.15, 0.2) is 24.3 Å². The highest BCUT2D eigenvalue weighted by Crippen LogP contribution is 2.22. The molecule has 2 heterocycles. The molecule has 1 aromatic rings. The van der Waals surface area contributed by atoms with E-state index in [1.54, 1.807) is 0 Å². The van der Waals surface area contributed by atoms with Crippen molar-refractivity contribution in [1.82, 2.24) is 10.2 Å². The molecule has 120 valence electrons. The lowest BCUT2D eigenvalue weighted by Gasteiger charge is -2.39. The Labute approximate surface area is 137 Å². The molecule has 2 atom stereocenters. The van der Waals surface area contributed by atoms with Gasteiger partial charge in [0.25, 0.3) is 0 Å².